The number of benzene rings is 2. The minimum atomic E-state index is 0.786. The lowest BCUT2D eigenvalue weighted by Crippen LogP contribution is -2.38. The van der Waals surface area contributed by atoms with E-state index < -0.39 is 0 Å². The second kappa shape index (κ2) is 12.9. The van der Waals surface area contributed by atoms with E-state index in [-0.39, 0.29) is 0 Å². The predicted octanol–water partition coefficient (Wildman–Crippen LogP) is 7.59. The Bertz CT molecular complexity index is 896. The minimum absolute atomic E-state index is 0.786. The first-order valence-corrected chi connectivity index (χ1v) is 14.3. The molecule has 0 aliphatic carbocycles. The summed E-state index contributed by atoms with van der Waals surface area (Å²) in [5, 5.41) is 0. The lowest BCUT2D eigenvalue weighted by Gasteiger charge is -2.33. The van der Waals surface area contributed by atoms with Gasteiger partial charge in [0.15, 0.2) is 0 Å². The normalized spacial score (nSPS) is 19.7. The number of unbranched alkanes of at least 4 members (excludes halogenated alkanes) is 2. The molecule has 0 bridgehead atoms. The zero-order valence-corrected chi connectivity index (χ0v) is 22.2. The fourth-order valence-electron chi connectivity index (χ4n) is 6.27. The maximum Gasteiger partial charge on any atom is 0.00669 e. The average Bonchev–Trinajstić information content (AvgIpc) is 3.36. The molecular weight excluding hydrogens is 412 g/mol. The molecule has 0 saturated carbocycles. The first kappa shape index (κ1) is 25.5. The topological polar surface area (TPSA) is 6.48 Å². The van der Waals surface area contributed by atoms with E-state index in [9.17, 15) is 0 Å². The molecule has 2 fully saturated rings. The van der Waals surface area contributed by atoms with E-state index in [1.807, 2.05) is 0 Å². The van der Waals surface area contributed by atoms with Crippen LogP contribution in [0.25, 0.3) is 11.1 Å². The largest absolute Gasteiger partial charge is 0.303 e. The van der Waals surface area contributed by atoms with Crippen LogP contribution in [-0.2, 0) is 12.8 Å². The van der Waals surface area contributed by atoms with Crippen molar-refractivity contribution in [2.45, 2.75) is 97.4 Å². The summed E-state index contributed by atoms with van der Waals surface area (Å²) >= 11 is 0. The Morgan fingerprint density at radius 2 is 1.24 bits per heavy atom. The van der Waals surface area contributed by atoms with Gasteiger partial charge in [-0.2, -0.15) is 0 Å². The number of nitrogens with zero attached hydrogens (tertiary/aromatic N) is 2. The molecule has 1 atom stereocenters. The Morgan fingerprint density at radius 3 is 1.82 bits per heavy atom. The third-order valence-electron chi connectivity index (χ3n) is 8.63. The van der Waals surface area contributed by atoms with E-state index in [0.29, 0.717) is 0 Å². The smallest absolute Gasteiger partial charge is 0.00669 e. The van der Waals surface area contributed by atoms with Gasteiger partial charge in [-0.25, -0.2) is 0 Å². The number of aryl methyl sites for hydroxylation is 2. The molecule has 186 valence electrons. The van der Waals surface area contributed by atoms with Gasteiger partial charge in [0.05, 0.1) is 0 Å². The lowest BCUT2D eigenvalue weighted by atomic mass is 9.89. The molecule has 2 nitrogen and oxygen atoms in total. The van der Waals surface area contributed by atoms with Crippen LogP contribution in [0.3, 0.4) is 0 Å². The monoisotopic (exact) mass is 460 g/mol. The highest BCUT2D eigenvalue weighted by Gasteiger charge is 2.17. The molecule has 0 aromatic heterocycles. The van der Waals surface area contributed by atoms with Gasteiger partial charge in [0.25, 0.3) is 0 Å². The molecule has 4 rings (SSSR count). The summed E-state index contributed by atoms with van der Waals surface area (Å²) in [6, 6.07) is 14.8. The van der Waals surface area contributed by atoms with E-state index in [1.165, 1.54) is 126 Å². The summed E-state index contributed by atoms with van der Waals surface area (Å²) in [5.41, 5.74) is 8.95. The van der Waals surface area contributed by atoms with E-state index >= 15 is 0 Å². The molecule has 2 aliphatic rings. The van der Waals surface area contributed by atoms with E-state index in [4.69, 9.17) is 0 Å². The molecule has 2 saturated heterocycles. The van der Waals surface area contributed by atoms with Crippen LogP contribution in [0.2, 0.25) is 0 Å². The molecule has 0 amide bonds. The summed E-state index contributed by atoms with van der Waals surface area (Å²) < 4.78 is 0. The van der Waals surface area contributed by atoms with E-state index in [1.54, 1.807) is 11.1 Å². The van der Waals surface area contributed by atoms with Crippen molar-refractivity contribution in [1.29, 1.82) is 0 Å². The van der Waals surface area contributed by atoms with Crippen LogP contribution in [0.4, 0.5) is 0 Å². The molecule has 2 aliphatic heterocycles. The number of hydrogen-bond donors (Lipinski definition) is 0. The van der Waals surface area contributed by atoms with Crippen molar-refractivity contribution in [3.8, 4) is 11.1 Å². The molecule has 34 heavy (non-hydrogen) atoms. The number of hydrogen-bond acceptors (Lipinski definition) is 2. The van der Waals surface area contributed by atoms with Gasteiger partial charge < -0.3 is 9.80 Å². The molecule has 1 unspecified atom stereocenters. The Balaban J connectivity index is 1.33. The molecule has 0 spiro atoms. The molecular formula is C32H48N2. The maximum atomic E-state index is 2.72. The SMILES string of the molecule is Cc1c(CCCCN2CCCC2)cccc1-c1cccc(CCCCN2CCCCC2C)c1C. The zero-order valence-electron chi connectivity index (χ0n) is 22.2. The third-order valence-corrected chi connectivity index (χ3v) is 8.63. The van der Waals surface area contributed by atoms with E-state index in [0.717, 1.165) is 6.04 Å². The van der Waals surface area contributed by atoms with Crippen molar-refractivity contribution >= 4 is 0 Å². The molecule has 0 N–H and O–H groups in total. The summed E-state index contributed by atoms with van der Waals surface area (Å²) in [6.07, 6.45) is 14.7. The van der Waals surface area contributed by atoms with E-state index in [2.05, 4.69) is 67.0 Å². The van der Waals surface area contributed by atoms with Crippen molar-refractivity contribution in [2.24, 2.45) is 0 Å². The third kappa shape index (κ3) is 6.73. The summed E-state index contributed by atoms with van der Waals surface area (Å²) in [6.45, 7) is 13.6. The minimum Gasteiger partial charge on any atom is -0.303 e. The molecule has 2 heterocycles. The number of rotatable bonds is 11. The van der Waals surface area contributed by atoms with Crippen LogP contribution < -0.4 is 0 Å². The van der Waals surface area contributed by atoms with Crippen LogP contribution in [-0.4, -0.2) is 48.6 Å². The van der Waals surface area contributed by atoms with Crippen LogP contribution >= 0.6 is 0 Å². The summed E-state index contributed by atoms with van der Waals surface area (Å²) in [4.78, 5) is 5.36. The molecule has 2 heteroatoms. The van der Waals surface area contributed by atoms with Crippen LogP contribution in [0, 0.1) is 13.8 Å². The fraction of sp³-hybridized carbons (Fsp3) is 0.625. The Morgan fingerprint density at radius 1 is 0.676 bits per heavy atom. The standard InChI is InChI=1S/C32H48N2/c1-26-14-4-8-24-34(26)25-9-6-16-30-18-13-20-32(28(30)3)31-19-12-17-29(27(31)2)15-5-7-21-33-22-10-11-23-33/h12-13,17-20,26H,4-11,14-16,21-25H2,1-3H3. The second-order valence-corrected chi connectivity index (χ2v) is 11.0. The first-order valence-electron chi connectivity index (χ1n) is 14.3. The van der Waals surface area contributed by atoms with Crippen LogP contribution in [0.5, 0.6) is 0 Å². The van der Waals surface area contributed by atoms with Gasteiger partial charge >= 0.3 is 0 Å². The molecule has 2 aromatic carbocycles. The van der Waals surface area contributed by atoms with Gasteiger partial charge in [0.2, 0.25) is 0 Å². The predicted molar refractivity (Wildman–Crippen MR) is 148 cm³/mol. The lowest BCUT2D eigenvalue weighted by molar-refractivity contribution is 0.158. The Kier molecular flexibility index (Phi) is 9.65. The maximum absolute atomic E-state index is 2.72. The first-order chi connectivity index (χ1) is 16.6. The molecule has 2 aromatic rings. The fourth-order valence-corrected chi connectivity index (χ4v) is 6.27. The number of likely N-dealkylation sites (tertiary alicyclic amines) is 2. The van der Waals surface area contributed by atoms with Crippen molar-refractivity contribution in [3.63, 3.8) is 0 Å². The van der Waals surface area contributed by atoms with Crippen molar-refractivity contribution in [2.75, 3.05) is 32.7 Å². The summed E-state index contributed by atoms with van der Waals surface area (Å²) in [5.74, 6) is 0. The summed E-state index contributed by atoms with van der Waals surface area (Å²) in [7, 11) is 0. The highest BCUT2D eigenvalue weighted by molar-refractivity contribution is 5.72. The van der Waals surface area contributed by atoms with Gasteiger partial charge in [-0.15, -0.1) is 0 Å². The number of piperidine rings is 1. The molecule has 0 radical (unpaired) electrons. The quantitative estimate of drug-likeness (QED) is 0.319. The van der Waals surface area contributed by atoms with Gasteiger partial charge in [-0.3, -0.25) is 0 Å². The van der Waals surface area contributed by atoms with Crippen molar-refractivity contribution < 1.29 is 0 Å². The highest BCUT2D eigenvalue weighted by atomic mass is 15.2. The van der Waals surface area contributed by atoms with Crippen molar-refractivity contribution in [1.82, 2.24) is 9.80 Å². The van der Waals surface area contributed by atoms with Gasteiger partial charge in [0, 0.05) is 6.04 Å². The van der Waals surface area contributed by atoms with Gasteiger partial charge in [-0.1, -0.05) is 42.8 Å². The average molecular weight is 461 g/mol. The van der Waals surface area contributed by atoms with Gasteiger partial charge in [-0.05, 0) is 151 Å². The van der Waals surface area contributed by atoms with Gasteiger partial charge in [0.1, 0.15) is 0 Å². The highest BCUT2D eigenvalue weighted by Crippen LogP contribution is 2.31. The van der Waals surface area contributed by atoms with Crippen LogP contribution in [0.1, 0.15) is 87.0 Å². The Hall–Kier alpha value is -1.64. The Labute approximate surface area is 209 Å². The zero-order chi connectivity index (χ0) is 23.8. The second-order valence-electron chi connectivity index (χ2n) is 11.0. The van der Waals surface area contributed by atoms with Crippen LogP contribution in [0.15, 0.2) is 36.4 Å². The van der Waals surface area contributed by atoms with Crippen molar-refractivity contribution in [3.05, 3.63) is 58.7 Å².